The smallest absolute Gasteiger partial charge is 0.256 e. The minimum absolute atomic E-state index is 0.0983. The van der Waals surface area contributed by atoms with Crippen LogP contribution in [0.3, 0.4) is 0 Å². The van der Waals surface area contributed by atoms with Gasteiger partial charge in [0.25, 0.3) is 5.91 Å². The molecule has 4 saturated carbocycles. The number of H-pyrrole nitrogens is 1. The molecule has 0 radical (unpaired) electrons. The molecule has 7 nitrogen and oxygen atoms in total. The molecule has 28 heavy (non-hydrogen) atoms. The van der Waals surface area contributed by atoms with Gasteiger partial charge in [-0.3, -0.25) is 9.89 Å². The number of aromatic amines is 1. The van der Waals surface area contributed by atoms with Crippen LogP contribution in [0.4, 0.5) is 0 Å². The lowest BCUT2D eigenvalue weighted by atomic mass is 9.52. The van der Waals surface area contributed by atoms with E-state index in [4.69, 9.17) is 0 Å². The number of unbranched alkanes of at least 4 members (excludes halogenated alkanes) is 1. The highest BCUT2D eigenvalue weighted by atomic mass is 16.3. The molecule has 150 valence electrons. The molecule has 2 atom stereocenters. The number of aromatic nitrogens is 4. The van der Waals surface area contributed by atoms with Gasteiger partial charge in [-0.15, -0.1) is 0 Å². The lowest BCUT2D eigenvalue weighted by molar-refractivity contribution is -0.136. The summed E-state index contributed by atoms with van der Waals surface area (Å²) < 4.78 is 1.71. The second-order valence-electron chi connectivity index (χ2n) is 9.18. The van der Waals surface area contributed by atoms with E-state index in [-0.39, 0.29) is 11.9 Å². The van der Waals surface area contributed by atoms with E-state index in [9.17, 15) is 9.90 Å². The number of hydrogen-bond donors (Lipinski definition) is 3. The quantitative estimate of drug-likeness (QED) is 0.714. The third kappa shape index (κ3) is 3.05. The Labute approximate surface area is 164 Å². The van der Waals surface area contributed by atoms with Gasteiger partial charge < -0.3 is 10.4 Å². The number of carbonyl (C=O) groups excluding carboxylic acids is 1. The minimum Gasteiger partial charge on any atom is -0.390 e. The van der Waals surface area contributed by atoms with Crippen LogP contribution in [0.1, 0.15) is 67.9 Å². The van der Waals surface area contributed by atoms with Gasteiger partial charge in [0.15, 0.2) is 5.82 Å². The van der Waals surface area contributed by atoms with E-state index in [1.807, 2.05) is 12.3 Å². The maximum atomic E-state index is 13.1. The van der Waals surface area contributed by atoms with E-state index in [1.165, 1.54) is 0 Å². The number of hydrogen-bond acceptors (Lipinski definition) is 4. The molecule has 4 fully saturated rings. The van der Waals surface area contributed by atoms with Crippen molar-refractivity contribution in [2.45, 2.75) is 69.9 Å². The second kappa shape index (κ2) is 6.72. The van der Waals surface area contributed by atoms with Gasteiger partial charge in [-0.05, 0) is 68.8 Å². The van der Waals surface area contributed by atoms with E-state index >= 15 is 0 Å². The Hall–Kier alpha value is -2.15. The predicted octanol–water partition coefficient (Wildman–Crippen LogP) is 2.61. The molecule has 7 heteroatoms. The second-order valence-corrected chi connectivity index (χ2v) is 9.18. The van der Waals surface area contributed by atoms with Gasteiger partial charge in [-0.2, -0.15) is 10.2 Å². The van der Waals surface area contributed by atoms with Crippen LogP contribution in [0, 0.1) is 17.8 Å². The molecule has 2 unspecified atom stereocenters. The lowest BCUT2D eigenvalue weighted by Gasteiger charge is -2.58. The molecular weight excluding hydrogens is 354 g/mol. The van der Waals surface area contributed by atoms with Crippen LogP contribution in [-0.4, -0.2) is 42.6 Å². The Bertz CT molecular complexity index is 856. The van der Waals surface area contributed by atoms with Crippen molar-refractivity contribution in [1.29, 1.82) is 0 Å². The molecule has 0 saturated heterocycles. The van der Waals surface area contributed by atoms with Crippen LogP contribution in [0.15, 0.2) is 18.5 Å². The van der Waals surface area contributed by atoms with Crippen molar-refractivity contribution in [3.8, 4) is 5.82 Å². The molecule has 2 aromatic heterocycles. The van der Waals surface area contributed by atoms with E-state index in [1.54, 1.807) is 10.9 Å². The third-order valence-corrected chi connectivity index (χ3v) is 7.06. The Morgan fingerprint density at radius 3 is 2.86 bits per heavy atom. The first-order valence-electron chi connectivity index (χ1n) is 10.7. The van der Waals surface area contributed by atoms with Crippen molar-refractivity contribution >= 4 is 5.91 Å². The summed E-state index contributed by atoms with van der Waals surface area (Å²) in [5.74, 6) is 1.93. The largest absolute Gasteiger partial charge is 0.390 e. The molecule has 6 rings (SSSR count). The summed E-state index contributed by atoms with van der Waals surface area (Å²) >= 11 is 0. The first-order chi connectivity index (χ1) is 13.5. The standard InChI is InChI=1S/C21H29N5O2/c1-2-3-4-16-5-6-26(25-16)19-17(12-22-24-19)20(27)23-18-14-7-13-8-15(18)11-21(28,9-13)10-14/h5-6,12-15,18,28H,2-4,7-11H2,1H3,(H,22,24)(H,23,27). The van der Waals surface area contributed by atoms with Gasteiger partial charge >= 0.3 is 0 Å². The Balaban J connectivity index is 1.32. The summed E-state index contributed by atoms with van der Waals surface area (Å²) in [4.78, 5) is 13.1. The van der Waals surface area contributed by atoms with Crippen LogP contribution in [0.5, 0.6) is 0 Å². The molecule has 2 heterocycles. The summed E-state index contributed by atoms with van der Waals surface area (Å²) in [5.41, 5.74) is 1.07. The molecular formula is C21H29N5O2. The van der Waals surface area contributed by atoms with Crippen molar-refractivity contribution in [1.82, 2.24) is 25.3 Å². The molecule has 0 aliphatic heterocycles. The maximum Gasteiger partial charge on any atom is 0.256 e. The first kappa shape index (κ1) is 17.9. The highest BCUT2D eigenvalue weighted by Crippen LogP contribution is 2.55. The fourth-order valence-corrected chi connectivity index (χ4v) is 6.04. The summed E-state index contributed by atoms with van der Waals surface area (Å²) in [6.07, 6.45) is 11.5. The molecule has 2 aromatic rings. The Kier molecular flexibility index (Phi) is 4.30. The van der Waals surface area contributed by atoms with Crippen molar-refractivity contribution in [2.24, 2.45) is 17.8 Å². The Morgan fingerprint density at radius 2 is 2.14 bits per heavy atom. The third-order valence-electron chi connectivity index (χ3n) is 7.06. The number of nitrogens with zero attached hydrogens (tertiary/aromatic N) is 3. The number of nitrogens with one attached hydrogen (secondary N) is 2. The van der Waals surface area contributed by atoms with E-state index in [0.29, 0.717) is 29.1 Å². The number of carbonyl (C=O) groups is 1. The average Bonchev–Trinajstić information content (AvgIpc) is 3.30. The number of amides is 1. The summed E-state index contributed by atoms with van der Waals surface area (Å²) in [6, 6.07) is 2.15. The highest BCUT2D eigenvalue weighted by molar-refractivity contribution is 5.97. The normalized spacial score (nSPS) is 33.4. The van der Waals surface area contributed by atoms with Crippen LogP contribution in [-0.2, 0) is 6.42 Å². The number of rotatable bonds is 6. The van der Waals surface area contributed by atoms with Crippen LogP contribution < -0.4 is 5.32 Å². The van der Waals surface area contributed by atoms with Gasteiger partial charge in [-0.1, -0.05) is 13.3 Å². The van der Waals surface area contributed by atoms with Gasteiger partial charge in [0.2, 0.25) is 0 Å². The first-order valence-corrected chi connectivity index (χ1v) is 10.7. The molecule has 1 amide bonds. The van der Waals surface area contributed by atoms with Crippen molar-refractivity contribution < 1.29 is 9.90 Å². The van der Waals surface area contributed by atoms with E-state index in [0.717, 1.165) is 57.1 Å². The number of aliphatic hydroxyl groups is 1. The summed E-state index contributed by atoms with van der Waals surface area (Å²) in [5, 5.41) is 25.7. The topological polar surface area (TPSA) is 95.8 Å². The predicted molar refractivity (Wildman–Crippen MR) is 104 cm³/mol. The monoisotopic (exact) mass is 383 g/mol. The van der Waals surface area contributed by atoms with Crippen molar-refractivity contribution in [3.05, 3.63) is 29.7 Å². The molecule has 0 spiro atoms. The average molecular weight is 383 g/mol. The van der Waals surface area contributed by atoms with Crippen LogP contribution >= 0.6 is 0 Å². The fraction of sp³-hybridized carbons (Fsp3) is 0.667. The molecule has 4 aliphatic carbocycles. The number of aryl methyl sites for hydroxylation is 1. The summed E-state index contributed by atoms with van der Waals surface area (Å²) in [7, 11) is 0. The molecule has 4 bridgehead atoms. The summed E-state index contributed by atoms with van der Waals surface area (Å²) in [6.45, 7) is 2.16. The zero-order chi connectivity index (χ0) is 19.3. The zero-order valence-electron chi connectivity index (χ0n) is 16.4. The van der Waals surface area contributed by atoms with Crippen LogP contribution in [0.25, 0.3) is 5.82 Å². The fourth-order valence-electron chi connectivity index (χ4n) is 6.04. The van der Waals surface area contributed by atoms with Gasteiger partial charge in [0.1, 0.15) is 5.56 Å². The molecule has 3 N–H and O–H groups in total. The van der Waals surface area contributed by atoms with Crippen LogP contribution in [0.2, 0.25) is 0 Å². The van der Waals surface area contributed by atoms with E-state index in [2.05, 4.69) is 27.5 Å². The minimum atomic E-state index is -0.484. The molecule has 4 aliphatic rings. The highest BCUT2D eigenvalue weighted by Gasteiger charge is 2.55. The van der Waals surface area contributed by atoms with Gasteiger partial charge in [0, 0.05) is 12.2 Å². The van der Waals surface area contributed by atoms with Gasteiger partial charge in [-0.25, -0.2) is 4.68 Å². The van der Waals surface area contributed by atoms with Crippen molar-refractivity contribution in [2.75, 3.05) is 0 Å². The zero-order valence-corrected chi connectivity index (χ0v) is 16.4. The lowest BCUT2D eigenvalue weighted by Crippen LogP contribution is -2.61. The molecule has 0 aromatic carbocycles. The van der Waals surface area contributed by atoms with Gasteiger partial charge in [0.05, 0.1) is 17.5 Å². The SMILES string of the molecule is CCCCc1ccn(-c2[nH]ncc2C(=O)NC2C3CC4CC2CC(O)(C4)C3)n1. The van der Waals surface area contributed by atoms with E-state index < -0.39 is 5.60 Å². The Morgan fingerprint density at radius 1 is 1.36 bits per heavy atom. The van der Waals surface area contributed by atoms with Crippen molar-refractivity contribution in [3.63, 3.8) is 0 Å². The maximum absolute atomic E-state index is 13.1.